The molecule has 19 heavy (non-hydrogen) atoms. The SMILES string of the molecule is CCN(CCC(=O)O)C(C#N)c1ccc(SC)cc1. The van der Waals surface area contributed by atoms with Crippen molar-refractivity contribution < 1.29 is 9.90 Å². The van der Waals surface area contributed by atoms with Gasteiger partial charge >= 0.3 is 5.97 Å². The highest BCUT2D eigenvalue weighted by Gasteiger charge is 2.19. The summed E-state index contributed by atoms with van der Waals surface area (Å²) in [5.74, 6) is -0.840. The van der Waals surface area contributed by atoms with E-state index in [1.54, 1.807) is 11.8 Å². The molecule has 0 aliphatic carbocycles. The summed E-state index contributed by atoms with van der Waals surface area (Å²) in [4.78, 5) is 13.7. The van der Waals surface area contributed by atoms with Crippen molar-refractivity contribution in [1.29, 1.82) is 5.26 Å². The van der Waals surface area contributed by atoms with Crippen molar-refractivity contribution in [2.45, 2.75) is 24.3 Å². The molecule has 1 aromatic carbocycles. The minimum Gasteiger partial charge on any atom is -0.481 e. The van der Waals surface area contributed by atoms with Gasteiger partial charge in [0.15, 0.2) is 0 Å². The van der Waals surface area contributed by atoms with E-state index in [9.17, 15) is 10.1 Å². The number of hydrogen-bond acceptors (Lipinski definition) is 4. The van der Waals surface area contributed by atoms with Crippen molar-refractivity contribution in [3.63, 3.8) is 0 Å². The molecule has 1 aromatic rings. The Hall–Kier alpha value is -1.51. The lowest BCUT2D eigenvalue weighted by atomic mass is 10.1. The second-order valence-electron chi connectivity index (χ2n) is 4.08. The molecule has 102 valence electrons. The molecule has 0 heterocycles. The van der Waals surface area contributed by atoms with E-state index in [-0.39, 0.29) is 12.5 Å². The average Bonchev–Trinajstić information content (AvgIpc) is 2.43. The zero-order valence-electron chi connectivity index (χ0n) is 11.2. The van der Waals surface area contributed by atoms with E-state index >= 15 is 0 Å². The Morgan fingerprint density at radius 1 is 1.47 bits per heavy atom. The maximum absolute atomic E-state index is 10.6. The Morgan fingerprint density at radius 3 is 2.53 bits per heavy atom. The van der Waals surface area contributed by atoms with E-state index < -0.39 is 5.97 Å². The van der Waals surface area contributed by atoms with Gasteiger partial charge in [0.05, 0.1) is 12.5 Å². The minimum atomic E-state index is -0.840. The Balaban J connectivity index is 2.84. The molecule has 0 radical (unpaired) electrons. The molecule has 0 aliphatic heterocycles. The smallest absolute Gasteiger partial charge is 0.304 e. The van der Waals surface area contributed by atoms with Crippen LogP contribution in [0.3, 0.4) is 0 Å². The Kier molecular flexibility index (Phi) is 6.40. The van der Waals surface area contributed by atoms with Crippen molar-refractivity contribution in [1.82, 2.24) is 4.90 Å². The molecular weight excluding hydrogens is 260 g/mol. The van der Waals surface area contributed by atoms with E-state index in [1.165, 1.54) is 0 Å². The topological polar surface area (TPSA) is 64.3 Å². The standard InChI is InChI=1S/C14H18N2O2S/c1-3-16(9-8-14(17)18)13(10-15)11-4-6-12(19-2)7-5-11/h4-7,13H,3,8-9H2,1-2H3,(H,17,18). The molecular formula is C14H18N2O2S. The summed E-state index contributed by atoms with van der Waals surface area (Å²) in [5.41, 5.74) is 0.910. The average molecular weight is 278 g/mol. The molecule has 5 heteroatoms. The van der Waals surface area contributed by atoms with Crippen molar-refractivity contribution in [2.24, 2.45) is 0 Å². The van der Waals surface area contributed by atoms with Crippen LogP contribution in [-0.2, 0) is 4.79 Å². The van der Waals surface area contributed by atoms with E-state index in [4.69, 9.17) is 5.11 Å². The molecule has 0 aliphatic rings. The second-order valence-corrected chi connectivity index (χ2v) is 4.96. The third-order valence-electron chi connectivity index (χ3n) is 2.94. The van der Waals surface area contributed by atoms with Gasteiger partial charge < -0.3 is 5.11 Å². The van der Waals surface area contributed by atoms with Gasteiger partial charge in [-0.3, -0.25) is 9.69 Å². The monoisotopic (exact) mass is 278 g/mol. The summed E-state index contributed by atoms with van der Waals surface area (Å²) in [6.07, 6.45) is 2.05. The van der Waals surface area contributed by atoms with Crippen LogP contribution < -0.4 is 0 Å². The first-order chi connectivity index (χ1) is 9.12. The van der Waals surface area contributed by atoms with Gasteiger partial charge in [0.25, 0.3) is 0 Å². The molecule has 1 rings (SSSR count). The predicted molar refractivity (Wildman–Crippen MR) is 76.1 cm³/mol. The molecule has 0 bridgehead atoms. The maximum Gasteiger partial charge on any atom is 0.304 e. The lowest BCUT2D eigenvalue weighted by Gasteiger charge is -2.25. The van der Waals surface area contributed by atoms with Crippen LogP contribution >= 0.6 is 11.8 Å². The van der Waals surface area contributed by atoms with Crippen LogP contribution in [0.2, 0.25) is 0 Å². The molecule has 1 unspecified atom stereocenters. The lowest BCUT2D eigenvalue weighted by molar-refractivity contribution is -0.137. The van der Waals surface area contributed by atoms with Crippen LogP contribution in [0.4, 0.5) is 0 Å². The van der Waals surface area contributed by atoms with Gasteiger partial charge in [-0.2, -0.15) is 5.26 Å². The van der Waals surface area contributed by atoms with Gasteiger partial charge in [-0.25, -0.2) is 0 Å². The summed E-state index contributed by atoms with van der Waals surface area (Å²) in [6.45, 7) is 2.96. The molecule has 0 saturated heterocycles. The fourth-order valence-corrected chi connectivity index (χ4v) is 2.27. The van der Waals surface area contributed by atoms with Crippen molar-refractivity contribution in [3.8, 4) is 6.07 Å². The summed E-state index contributed by atoms with van der Waals surface area (Å²) in [6, 6.07) is 9.70. The largest absolute Gasteiger partial charge is 0.481 e. The number of thioether (sulfide) groups is 1. The second kappa shape index (κ2) is 7.82. The van der Waals surface area contributed by atoms with E-state index in [0.717, 1.165) is 10.5 Å². The molecule has 0 spiro atoms. The Morgan fingerprint density at radius 2 is 2.11 bits per heavy atom. The van der Waals surface area contributed by atoms with Crippen molar-refractivity contribution in [3.05, 3.63) is 29.8 Å². The van der Waals surface area contributed by atoms with Crippen molar-refractivity contribution in [2.75, 3.05) is 19.3 Å². The molecule has 0 aromatic heterocycles. The van der Waals surface area contributed by atoms with Gasteiger partial charge in [-0.15, -0.1) is 11.8 Å². The highest BCUT2D eigenvalue weighted by molar-refractivity contribution is 7.98. The number of carboxylic acid groups (broad SMARTS) is 1. The van der Waals surface area contributed by atoms with Crippen LogP contribution in [0.25, 0.3) is 0 Å². The fraction of sp³-hybridized carbons (Fsp3) is 0.429. The quantitative estimate of drug-likeness (QED) is 0.777. The van der Waals surface area contributed by atoms with E-state index in [1.807, 2.05) is 42.3 Å². The third kappa shape index (κ3) is 4.58. The van der Waals surface area contributed by atoms with E-state index in [2.05, 4.69) is 6.07 Å². The molecule has 1 atom stereocenters. The Labute approximate surface area is 118 Å². The number of carbonyl (C=O) groups is 1. The number of nitrogens with zero attached hydrogens (tertiary/aromatic N) is 2. The summed E-state index contributed by atoms with van der Waals surface area (Å²) >= 11 is 1.65. The number of aliphatic carboxylic acids is 1. The number of hydrogen-bond donors (Lipinski definition) is 1. The Bertz CT molecular complexity index is 454. The van der Waals surface area contributed by atoms with Crippen LogP contribution in [-0.4, -0.2) is 35.3 Å². The van der Waals surface area contributed by atoms with Gasteiger partial charge in [-0.05, 0) is 30.5 Å². The molecule has 0 saturated carbocycles. The molecule has 0 fully saturated rings. The highest BCUT2D eigenvalue weighted by atomic mass is 32.2. The van der Waals surface area contributed by atoms with Gasteiger partial charge in [0.2, 0.25) is 0 Å². The minimum absolute atomic E-state index is 0.0505. The normalized spacial score (nSPS) is 12.1. The van der Waals surface area contributed by atoms with Gasteiger partial charge in [0.1, 0.15) is 6.04 Å². The number of carboxylic acids is 1. The molecule has 0 amide bonds. The van der Waals surface area contributed by atoms with Gasteiger partial charge in [-0.1, -0.05) is 19.1 Å². The van der Waals surface area contributed by atoms with Gasteiger partial charge in [0, 0.05) is 11.4 Å². The molecule has 1 N–H and O–H groups in total. The summed E-state index contributed by atoms with van der Waals surface area (Å²) in [5, 5.41) is 18.1. The zero-order chi connectivity index (χ0) is 14.3. The predicted octanol–water partition coefficient (Wildman–Crippen LogP) is 2.77. The van der Waals surface area contributed by atoms with Crippen LogP contribution in [0.1, 0.15) is 24.9 Å². The van der Waals surface area contributed by atoms with Crippen LogP contribution in [0.5, 0.6) is 0 Å². The highest BCUT2D eigenvalue weighted by Crippen LogP contribution is 2.23. The van der Waals surface area contributed by atoms with Crippen molar-refractivity contribution >= 4 is 17.7 Å². The fourth-order valence-electron chi connectivity index (χ4n) is 1.86. The third-order valence-corrected chi connectivity index (χ3v) is 3.68. The zero-order valence-corrected chi connectivity index (χ0v) is 12.0. The number of rotatable bonds is 7. The lowest BCUT2D eigenvalue weighted by Crippen LogP contribution is -2.30. The first-order valence-electron chi connectivity index (χ1n) is 6.11. The van der Waals surface area contributed by atoms with Crippen LogP contribution in [0, 0.1) is 11.3 Å². The van der Waals surface area contributed by atoms with Crippen LogP contribution in [0.15, 0.2) is 29.2 Å². The first-order valence-corrected chi connectivity index (χ1v) is 7.34. The molecule has 4 nitrogen and oxygen atoms in total. The number of benzene rings is 1. The van der Waals surface area contributed by atoms with E-state index in [0.29, 0.717) is 13.1 Å². The summed E-state index contributed by atoms with van der Waals surface area (Å²) in [7, 11) is 0. The first kappa shape index (κ1) is 15.5. The number of nitriles is 1. The maximum atomic E-state index is 10.6. The summed E-state index contributed by atoms with van der Waals surface area (Å²) < 4.78 is 0.